The Morgan fingerprint density at radius 2 is 1.53 bits per heavy atom. The molecule has 0 unspecified atom stereocenters. The van der Waals surface area contributed by atoms with Gasteiger partial charge in [0, 0.05) is 18.2 Å². The van der Waals surface area contributed by atoms with Gasteiger partial charge >= 0.3 is 0 Å². The lowest BCUT2D eigenvalue weighted by atomic mass is 9.97. The van der Waals surface area contributed by atoms with Crippen molar-refractivity contribution in [3.63, 3.8) is 0 Å². The van der Waals surface area contributed by atoms with Gasteiger partial charge in [0.25, 0.3) is 0 Å². The zero-order valence-electron chi connectivity index (χ0n) is 16.4. The zero-order chi connectivity index (χ0) is 21.1. The smallest absolute Gasteiger partial charge is 0.195 e. The molecule has 4 aromatic rings. The van der Waals surface area contributed by atoms with Crippen LogP contribution in [0.5, 0.6) is 0 Å². The second-order valence-electron chi connectivity index (χ2n) is 7.08. The minimum atomic E-state index is -3.23. The maximum atomic E-state index is 13.2. The molecule has 4 nitrogen and oxygen atoms in total. The van der Waals surface area contributed by atoms with Crippen LogP contribution in [0, 0.1) is 5.82 Å². The van der Waals surface area contributed by atoms with E-state index in [2.05, 4.69) is 4.98 Å². The molecule has 0 radical (unpaired) electrons. The van der Waals surface area contributed by atoms with Crippen molar-refractivity contribution in [2.75, 3.05) is 6.26 Å². The number of rotatable bonds is 6. The molecule has 1 aromatic heterocycles. The molecule has 30 heavy (non-hydrogen) atoms. The first-order chi connectivity index (χ1) is 14.4. The highest BCUT2D eigenvalue weighted by Crippen LogP contribution is 2.26. The molecule has 152 valence electrons. The maximum Gasteiger partial charge on any atom is 0.195 e. The van der Waals surface area contributed by atoms with E-state index in [1.54, 1.807) is 42.6 Å². The van der Waals surface area contributed by atoms with E-state index in [-0.39, 0.29) is 10.7 Å². The number of hydrogen-bond donors (Lipinski definition) is 0. The SMILES string of the molecule is CS(=O)(=O)c1ccc(-c2cnc(CCc3ccccc3-c3ccc(F)cc3)o2)cc1. The van der Waals surface area contributed by atoms with Gasteiger partial charge in [0.15, 0.2) is 21.5 Å². The number of aromatic nitrogens is 1. The van der Waals surface area contributed by atoms with Gasteiger partial charge in [-0.05, 0) is 59.5 Å². The van der Waals surface area contributed by atoms with Crippen molar-refractivity contribution in [2.24, 2.45) is 0 Å². The standard InChI is InChI=1S/C24H20FNO3S/c1-30(27,28)21-13-8-19(9-14-21)23-16-26-24(29-23)15-10-17-4-2-3-5-22(17)18-6-11-20(25)12-7-18/h2-9,11-14,16H,10,15H2,1H3. The summed E-state index contributed by atoms with van der Waals surface area (Å²) in [6.07, 6.45) is 4.16. The molecule has 6 heteroatoms. The molecule has 0 N–H and O–H groups in total. The summed E-state index contributed by atoms with van der Waals surface area (Å²) in [4.78, 5) is 4.63. The van der Waals surface area contributed by atoms with Crippen molar-refractivity contribution in [3.05, 3.63) is 96.3 Å². The van der Waals surface area contributed by atoms with Crippen LogP contribution in [-0.2, 0) is 22.7 Å². The number of hydrogen-bond acceptors (Lipinski definition) is 4. The first kappa shape index (κ1) is 20.0. The van der Waals surface area contributed by atoms with E-state index in [9.17, 15) is 12.8 Å². The summed E-state index contributed by atoms with van der Waals surface area (Å²) >= 11 is 0. The predicted molar refractivity (Wildman–Crippen MR) is 114 cm³/mol. The Balaban J connectivity index is 1.50. The van der Waals surface area contributed by atoms with Gasteiger partial charge < -0.3 is 4.42 Å². The molecular formula is C24H20FNO3S. The average Bonchev–Trinajstić information content (AvgIpc) is 3.22. The largest absolute Gasteiger partial charge is 0.441 e. The minimum absolute atomic E-state index is 0.256. The third kappa shape index (κ3) is 4.49. The van der Waals surface area contributed by atoms with Crippen molar-refractivity contribution in [3.8, 4) is 22.5 Å². The summed E-state index contributed by atoms with van der Waals surface area (Å²) in [7, 11) is -3.23. The summed E-state index contributed by atoms with van der Waals surface area (Å²) in [5.74, 6) is 0.941. The lowest BCUT2D eigenvalue weighted by Crippen LogP contribution is -1.96. The summed E-state index contributed by atoms with van der Waals surface area (Å²) in [5, 5.41) is 0. The van der Waals surface area contributed by atoms with Crippen LogP contribution in [0.15, 0.2) is 88.3 Å². The van der Waals surface area contributed by atoms with Crippen LogP contribution < -0.4 is 0 Å². The number of oxazole rings is 1. The highest BCUT2D eigenvalue weighted by atomic mass is 32.2. The fourth-order valence-electron chi connectivity index (χ4n) is 3.32. The summed E-state index contributed by atoms with van der Waals surface area (Å²) in [6.45, 7) is 0. The number of sulfone groups is 1. The molecule has 0 bridgehead atoms. The quantitative estimate of drug-likeness (QED) is 0.422. The van der Waals surface area contributed by atoms with Gasteiger partial charge in [0.1, 0.15) is 5.82 Å². The van der Waals surface area contributed by atoms with Gasteiger partial charge in [-0.3, -0.25) is 0 Å². The van der Waals surface area contributed by atoms with Crippen LogP contribution in [0.1, 0.15) is 11.5 Å². The molecular weight excluding hydrogens is 401 g/mol. The summed E-state index contributed by atoms with van der Waals surface area (Å²) in [5.41, 5.74) is 3.92. The highest BCUT2D eigenvalue weighted by Gasteiger charge is 2.11. The lowest BCUT2D eigenvalue weighted by Gasteiger charge is -2.09. The molecule has 0 fully saturated rings. The van der Waals surface area contributed by atoms with E-state index >= 15 is 0 Å². The Morgan fingerprint density at radius 1 is 0.867 bits per heavy atom. The molecule has 3 aromatic carbocycles. The van der Waals surface area contributed by atoms with Gasteiger partial charge in [-0.15, -0.1) is 0 Å². The highest BCUT2D eigenvalue weighted by molar-refractivity contribution is 7.90. The van der Waals surface area contributed by atoms with Gasteiger partial charge in [0.2, 0.25) is 0 Å². The summed E-state index contributed by atoms with van der Waals surface area (Å²) < 4.78 is 42.3. The molecule has 0 aliphatic heterocycles. The zero-order valence-corrected chi connectivity index (χ0v) is 17.2. The van der Waals surface area contributed by atoms with Crippen LogP contribution in [-0.4, -0.2) is 19.7 Å². The Labute approximate surface area is 175 Å². The first-order valence-electron chi connectivity index (χ1n) is 9.49. The number of halogens is 1. The fraction of sp³-hybridized carbons (Fsp3) is 0.125. The van der Waals surface area contributed by atoms with E-state index in [4.69, 9.17) is 4.42 Å². The number of benzene rings is 3. The van der Waals surface area contributed by atoms with Crippen LogP contribution in [0.3, 0.4) is 0 Å². The molecule has 0 aliphatic carbocycles. The summed E-state index contributed by atoms with van der Waals surface area (Å²) in [6, 6.07) is 21.0. The molecule has 0 aliphatic rings. The lowest BCUT2D eigenvalue weighted by molar-refractivity contribution is 0.505. The number of aryl methyl sites for hydroxylation is 2. The molecule has 0 spiro atoms. The Bertz CT molecular complexity index is 1260. The first-order valence-corrected chi connectivity index (χ1v) is 11.4. The van der Waals surface area contributed by atoms with Crippen LogP contribution in [0.25, 0.3) is 22.5 Å². The van der Waals surface area contributed by atoms with Crippen molar-refractivity contribution >= 4 is 9.84 Å². The molecule has 0 amide bonds. The van der Waals surface area contributed by atoms with Crippen molar-refractivity contribution < 1.29 is 17.2 Å². The average molecular weight is 421 g/mol. The van der Waals surface area contributed by atoms with Gasteiger partial charge in [0.05, 0.1) is 11.1 Å². The van der Waals surface area contributed by atoms with E-state index in [0.29, 0.717) is 18.1 Å². The molecule has 0 atom stereocenters. The molecule has 0 saturated carbocycles. The van der Waals surface area contributed by atoms with Gasteiger partial charge in [-0.25, -0.2) is 17.8 Å². The monoisotopic (exact) mass is 421 g/mol. The number of nitrogens with zero attached hydrogens (tertiary/aromatic N) is 1. The Morgan fingerprint density at radius 3 is 2.23 bits per heavy atom. The van der Waals surface area contributed by atoms with Gasteiger partial charge in [-0.2, -0.15) is 0 Å². The minimum Gasteiger partial charge on any atom is -0.441 e. The van der Waals surface area contributed by atoms with Gasteiger partial charge in [-0.1, -0.05) is 36.4 Å². The predicted octanol–water partition coefficient (Wildman–Crippen LogP) is 5.34. The van der Waals surface area contributed by atoms with E-state index in [1.165, 1.54) is 18.4 Å². The maximum absolute atomic E-state index is 13.2. The normalized spacial score (nSPS) is 11.5. The van der Waals surface area contributed by atoms with E-state index in [1.807, 2.05) is 24.3 Å². The van der Waals surface area contributed by atoms with E-state index < -0.39 is 9.84 Å². The second kappa shape index (κ2) is 8.24. The van der Waals surface area contributed by atoms with Crippen LogP contribution in [0.2, 0.25) is 0 Å². The molecule has 1 heterocycles. The second-order valence-corrected chi connectivity index (χ2v) is 9.09. The third-order valence-corrected chi connectivity index (χ3v) is 6.03. The van der Waals surface area contributed by atoms with Crippen LogP contribution in [0.4, 0.5) is 4.39 Å². The third-order valence-electron chi connectivity index (χ3n) is 4.90. The Kier molecular flexibility index (Phi) is 5.50. The topological polar surface area (TPSA) is 60.2 Å². The molecule has 0 saturated heterocycles. The van der Waals surface area contributed by atoms with Crippen LogP contribution >= 0.6 is 0 Å². The van der Waals surface area contributed by atoms with Crippen molar-refractivity contribution in [1.82, 2.24) is 4.98 Å². The Hall–Kier alpha value is -3.25. The molecule has 4 rings (SSSR count). The fourth-order valence-corrected chi connectivity index (χ4v) is 3.95. The van der Waals surface area contributed by atoms with Crippen molar-refractivity contribution in [2.45, 2.75) is 17.7 Å². The van der Waals surface area contributed by atoms with Crippen molar-refractivity contribution in [1.29, 1.82) is 0 Å². The van der Waals surface area contributed by atoms with E-state index in [0.717, 1.165) is 28.7 Å².